The summed E-state index contributed by atoms with van der Waals surface area (Å²) in [5.74, 6) is 1.53. The van der Waals surface area contributed by atoms with E-state index in [0.29, 0.717) is 0 Å². The Labute approximate surface area is 106 Å². The monoisotopic (exact) mass is 325 g/mol. The Morgan fingerprint density at radius 1 is 1.50 bits per heavy atom. The maximum Gasteiger partial charge on any atom is 0.353 e. The number of para-hydroxylation sites is 1. The molecule has 0 spiro atoms. The topological polar surface area (TPSA) is 42.2 Å². The number of aromatic nitrogens is 1. The molecular formula is C12H8INO2. The molecule has 1 aromatic carbocycles. The normalized spacial score (nSPS) is 10.2. The van der Waals surface area contributed by atoms with Crippen LogP contribution < -0.4 is 0 Å². The second-order valence-electron chi connectivity index (χ2n) is 3.28. The minimum absolute atomic E-state index is 0.264. The van der Waals surface area contributed by atoms with Crippen molar-refractivity contribution in [1.29, 1.82) is 0 Å². The van der Waals surface area contributed by atoms with Gasteiger partial charge >= 0.3 is 5.97 Å². The van der Waals surface area contributed by atoms with Crippen LogP contribution in [0.2, 0.25) is 0 Å². The van der Waals surface area contributed by atoms with Crippen LogP contribution in [-0.4, -0.2) is 15.6 Å². The van der Waals surface area contributed by atoms with Gasteiger partial charge in [0.2, 0.25) is 0 Å². The van der Waals surface area contributed by atoms with Crippen LogP contribution in [0.5, 0.6) is 0 Å². The van der Waals surface area contributed by atoms with Crippen LogP contribution >= 0.6 is 22.6 Å². The Morgan fingerprint density at radius 3 is 2.81 bits per heavy atom. The van der Waals surface area contributed by atoms with Gasteiger partial charge in [0, 0.05) is 5.39 Å². The number of hydrogen-bond acceptors (Lipinski definition) is 1. The smallest absolute Gasteiger partial charge is 0.353 e. The van der Waals surface area contributed by atoms with Crippen molar-refractivity contribution in [2.45, 2.75) is 6.54 Å². The van der Waals surface area contributed by atoms with Crippen LogP contribution in [0.25, 0.3) is 10.9 Å². The molecule has 0 bridgehead atoms. The van der Waals surface area contributed by atoms with Crippen molar-refractivity contribution in [2.24, 2.45) is 0 Å². The van der Waals surface area contributed by atoms with E-state index in [1.807, 2.05) is 46.9 Å². The lowest BCUT2D eigenvalue weighted by molar-refractivity contribution is 0.0685. The van der Waals surface area contributed by atoms with Crippen LogP contribution in [-0.2, 0) is 6.54 Å². The first kappa shape index (κ1) is 11.0. The maximum absolute atomic E-state index is 11.2. The van der Waals surface area contributed by atoms with E-state index in [2.05, 4.69) is 5.92 Å². The lowest BCUT2D eigenvalue weighted by Crippen LogP contribution is -2.08. The number of halogens is 1. The molecule has 16 heavy (non-hydrogen) atoms. The summed E-state index contributed by atoms with van der Waals surface area (Å²) in [6.45, 7) is 0.269. The van der Waals surface area contributed by atoms with Crippen LogP contribution in [0, 0.1) is 15.9 Å². The first-order chi connectivity index (χ1) is 7.66. The van der Waals surface area contributed by atoms with Gasteiger partial charge in [0.1, 0.15) is 5.69 Å². The van der Waals surface area contributed by atoms with Crippen molar-refractivity contribution in [3.05, 3.63) is 33.5 Å². The zero-order valence-corrected chi connectivity index (χ0v) is 10.4. The number of carboxylic acids is 1. The summed E-state index contributed by atoms with van der Waals surface area (Å²) in [5.41, 5.74) is 1.13. The average Bonchev–Trinajstić information content (AvgIpc) is 2.54. The second kappa shape index (κ2) is 4.18. The van der Waals surface area contributed by atoms with Gasteiger partial charge in [0.15, 0.2) is 0 Å². The summed E-state index contributed by atoms with van der Waals surface area (Å²) in [7, 11) is 0. The summed E-state index contributed by atoms with van der Waals surface area (Å²) < 4.78 is 2.38. The number of benzene rings is 1. The Balaban J connectivity index is 2.87. The highest BCUT2D eigenvalue weighted by Crippen LogP contribution is 2.27. The first-order valence-electron chi connectivity index (χ1n) is 4.60. The highest BCUT2D eigenvalue weighted by Gasteiger charge is 2.19. The lowest BCUT2D eigenvalue weighted by atomic mass is 10.2. The van der Waals surface area contributed by atoms with Gasteiger partial charge in [-0.05, 0) is 28.7 Å². The van der Waals surface area contributed by atoms with E-state index in [1.54, 1.807) is 4.57 Å². The Morgan fingerprint density at radius 2 is 2.19 bits per heavy atom. The molecule has 0 saturated carbocycles. The predicted molar refractivity (Wildman–Crippen MR) is 70.4 cm³/mol. The van der Waals surface area contributed by atoms with Gasteiger partial charge in [-0.25, -0.2) is 4.79 Å². The van der Waals surface area contributed by atoms with E-state index in [0.717, 1.165) is 14.5 Å². The molecule has 0 aliphatic carbocycles. The minimum atomic E-state index is -0.948. The van der Waals surface area contributed by atoms with Crippen molar-refractivity contribution in [1.82, 2.24) is 4.57 Å². The van der Waals surface area contributed by atoms with Gasteiger partial charge in [-0.15, -0.1) is 6.42 Å². The molecule has 0 atom stereocenters. The SMILES string of the molecule is C#CCn1c(C(=O)O)c(I)c2ccccc21. The second-order valence-corrected chi connectivity index (χ2v) is 4.35. The van der Waals surface area contributed by atoms with E-state index in [-0.39, 0.29) is 12.2 Å². The molecule has 0 amide bonds. The molecule has 2 aromatic rings. The van der Waals surface area contributed by atoms with E-state index in [1.165, 1.54) is 0 Å². The fourth-order valence-corrected chi connectivity index (χ4v) is 2.70. The number of fused-ring (bicyclic) bond motifs is 1. The van der Waals surface area contributed by atoms with Crippen molar-refractivity contribution in [3.63, 3.8) is 0 Å². The van der Waals surface area contributed by atoms with Gasteiger partial charge < -0.3 is 9.67 Å². The van der Waals surface area contributed by atoms with E-state index in [4.69, 9.17) is 6.42 Å². The molecule has 80 valence electrons. The third kappa shape index (κ3) is 1.57. The molecule has 0 saturated heterocycles. The number of hydrogen-bond donors (Lipinski definition) is 1. The molecule has 1 aromatic heterocycles. The number of aromatic carboxylic acids is 1. The van der Waals surface area contributed by atoms with Crippen LogP contribution in [0.1, 0.15) is 10.5 Å². The first-order valence-corrected chi connectivity index (χ1v) is 5.68. The summed E-state index contributed by atoms with van der Waals surface area (Å²) in [4.78, 5) is 11.2. The van der Waals surface area contributed by atoms with Crippen LogP contribution in [0.3, 0.4) is 0 Å². The van der Waals surface area contributed by atoms with Gasteiger partial charge in [0.25, 0.3) is 0 Å². The number of rotatable bonds is 2. The summed E-state index contributed by atoms with van der Waals surface area (Å²) in [6, 6.07) is 7.53. The standard InChI is InChI=1S/C12H8INO2/c1-2-7-14-9-6-4-3-5-8(9)10(13)11(14)12(15)16/h1,3-6H,7H2,(H,15,16). The Kier molecular flexibility index (Phi) is 2.88. The quantitative estimate of drug-likeness (QED) is 0.681. The minimum Gasteiger partial charge on any atom is -0.477 e. The predicted octanol–water partition coefficient (Wildman–Crippen LogP) is 2.58. The van der Waals surface area contributed by atoms with Crippen LogP contribution in [0.15, 0.2) is 24.3 Å². The largest absolute Gasteiger partial charge is 0.477 e. The van der Waals surface area contributed by atoms with Crippen molar-refractivity contribution in [2.75, 3.05) is 0 Å². The van der Waals surface area contributed by atoms with Gasteiger partial charge in [-0.2, -0.15) is 0 Å². The number of carboxylic acid groups (broad SMARTS) is 1. The maximum atomic E-state index is 11.2. The van der Waals surface area contributed by atoms with Gasteiger partial charge in [-0.3, -0.25) is 0 Å². The molecule has 0 unspecified atom stereocenters. The number of nitrogens with zero attached hydrogens (tertiary/aromatic N) is 1. The number of carbonyl (C=O) groups is 1. The molecule has 0 radical (unpaired) electrons. The Bertz CT molecular complexity index is 607. The summed E-state index contributed by atoms with van der Waals surface area (Å²) in [6.07, 6.45) is 5.26. The van der Waals surface area contributed by atoms with Crippen molar-refractivity contribution >= 4 is 39.5 Å². The zero-order chi connectivity index (χ0) is 11.7. The molecule has 2 rings (SSSR count). The fraction of sp³-hybridized carbons (Fsp3) is 0.0833. The lowest BCUT2D eigenvalue weighted by Gasteiger charge is -2.02. The zero-order valence-electron chi connectivity index (χ0n) is 8.27. The molecule has 0 aliphatic heterocycles. The summed E-state index contributed by atoms with van der Waals surface area (Å²) >= 11 is 2.04. The highest BCUT2D eigenvalue weighted by molar-refractivity contribution is 14.1. The molecular weight excluding hydrogens is 317 g/mol. The van der Waals surface area contributed by atoms with Gasteiger partial charge in [0.05, 0.1) is 15.6 Å². The molecule has 3 nitrogen and oxygen atoms in total. The van der Waals surface area contributed by atoms with Crippen LogP contribution in [0.4, 0.5) is 0 Å². The van der Waals surface area contributed by atoms with Crippen molar-refractivity contribution in [3.8, 4) is 12.3 Å². The molecule has 1 heterocycles. The van der Waals surface area contributed by atoms with E-state index in [9.17, 15) is 9.90 Å². The molecule has 0 aliphatic rings. The third-order valence-electron chi connectivity index (χ3n) is 2.36. The van der Waals surface area contributed by atoms with Gasteiger partial charge in [-0.1, -0.05) is 24.1 Å². The highest BCUT2D eigenvalue weighted by atomic mass is 127. The molecule has 1 N–H and O–H groups in total. The molecule has 4 heteroatoms. The average molecular weight is 325 g/mol. The molecule has 0 fully saturated rings. The van der Waals surface area contributed by atoms with Crippen molar-refractivity contribution < 1.29 is 9.90 Å². The number of terminal acetylenes is 1. The van der Waals surface area contributed by atoms with E-state index < -0.39 is 5.97 Å². The third-order valence-corrected chi connectivity index (χ3v) is 3.45. The summed E-state index contributed by atoms with van der Waals surface area (Å²) in [5, 5.41) is 10.1. The van der Waals surface area contributed by atoms with E-state index >= 15 is 0 Å². The fourth-order valence-electron chi connectivity index (χ4n) is 1.73. The Hall–Kier alpha value is -1.48.